The van der Waals surface area contributed by atoms with Crippen molar-refractivity contribution in [2.75, 3.05) is 33.1 Å². The summed E-state index contributed by atoms with van der Waals surface area (Å²) < 4.78 is 36.2. The first-order chi connectivity index (χ1) is 12.3. The topological polar surface area (TPSA) is 84.9 Å². The second-order valence-electron chi connectivity index (χ2n) is 6.44. The van der Waals surface area contributed by atoms with E-state index in [1.54, 1.807) is 33.3 Å². The van der Waals surface area contributed by atoms with Crippen LogP contribution in [-0.2, 0) is 14.8 Å². The number of rotatable bonds is 7. The molecular formula is C18H28N2O5S. The molecule has 1 aliphatic rings. The highest BCUT2D eigenvalue weighted by atomic mass is 32.2. The monoisotopic (exact) mass is 384 g/mol. The first-order valence-corrected chi connectivity index (χ1v) is 10.4. The van der Waals surface area contributed by atoms with Crippen LogP contribution in [0.2, 0.25) is 0 Å². The molecule has 1 aromatic carbocycles. The van der Waals surface area contributed by atoms with Crippen molar-refractivity contribution in [2.45, 2.75) is 32.7 Å². The van der Waals surface area contributed by atoms with E-state index in [4.69, 9.17) is 9.47 Å². The van der Waals surface area contributed by atoms with Gasteiger partial charge in [-0.1, -0.05) is 0 Å². The molecule has 1 heterocycles. The first-order valence-electron chi connectivity index (χ1n) is 8.82. The maximum absolute atomic E-state index is 12.7. The zero-order valence-electron chi connectivity index (χ0n) is 15.8. The van der Waals surface area contributed by atoms with Crippen molar-refractivity contribution < 1.29 is 22.7 Å². The highest BCUT2D eigenvalue weighted by Gasteiger charge is 2.32. The van der Waals surface area contributed by atoms with Crippen molar-refractivity contribution in [1.29, 1.82) is 0 Å². The second kappa shape index (κ2) is 8.73. The first kappa shape index (κ1) is 20.5. The Morgan fingerprint density at radius 2 is 2.08 bits per heavy atom. The standard InChI is InChI=1S/C18H28N2O5S/c1-5-26(22,23)20-10-6-7-14(12-20)18(21)19-13(2)16-11-15(24-3)8-9-17(16)25-4/h8-9,11,13-14H,5-7,10,12H2,1-4H3,(H,19,21)/t13-,14+/m1/s1. The van der Waals surface area contributed by atoms with Crippen LogP contribution in [0, 0.1) is 5.92 Å². The summed E-state index contributed by atoms with van der Waals surface area (Å²) in [6.07, 6.45) is 1.37. The van der Waals surface area contributed by atoms with E-state index >= 15 is 0 Å². The number of ether oxygens (including phenoxy) is 2. The number of amides is 1. The summed E-state index contributed by atoms with van der Waals surface area (Å²) in [6, 6.07) is 5.14. The van der Waals surface area contributed by atoms with E-state index in [-0.39, 0.29) is 30.2 Å². The van der Waals surface area contributed by atoms with Gasteiger partial charge in [-0.25, -0.2) is 12.7 Å². The van der Waals surface area contributed by atoms with Gasteiger partial charge in [0.15, 0.2) is 0 Å². The molecule has 146 valence electrons. The van der Waals surface area contributed by atoms with Gasteiger partial charge in [0, 0.05) is 18.7 Å². The minimum Gasteiger partial charge on any atom is -0.497 e. The lowest BCUT2D eigenvalue weighted by Gasteiger charge is -2.31. The molecule has 0 spiro atoms. The average Bonchev–Trinajstić information content (AvgIpc) is 2.67. The SMILES string of the molecule is CCS(=O)(=O)N1CCC[C@H](C(=O)N[C@H](C)c2cc(OC)ccc2OC)C1. The Morgan fingerprint density at radius 3 is 2.69 bits per heavy atom. The summed E-state index contributed by atoms with van der Waals surface area (Å²) in [7, 11) is -0.110. The van der Waals surface area contributed by atoms with E-state index < -0.39 is 10.0 Å². The summed E-state index contributed by atoms with van der Waals surface area (Å²) in [5.41, 5.74) is 0.814. The fraction of sp³-hybridized carbons (Fsp3) is 0.611. The van der Waals surface area contributed by atoms with E-state index in [2.05, 4.69) is 5.32 Å². The number of sulfonamides is 1. The normalized spacial score (nSPS) is 19.6. The lowest BCUT2D eigenvalue weighted by molar-refractivity contribution is -0.126. The van der Waals surface area contributed by atoms with Crippen LogP contribution in [0.15, 0.2) is 18.2 Å². The number of methoxy groups -OCH3 is 2. The molecule has 26 heavy (non-hydrogen) atoms. The third-order valence-corrected chi connectivity index (χ3v) is 6.62. The van der Waals surface area contributed by atoms with Gasteiger partial charge in [-0.15, -0.1) is 0 Å². The molecule has 1 amide bonds. The van der Waals surface area contributed by atoms with Crippen molar-refractivity contribution in [2.24, 2.45) is 5.92 Å². The maximum atomic E-state index is 12.7. The number of nitrogens with one attached hydrogen (secondary N) is 1. The summed E-state index contributed by atoms with van der Waals surface area (Å²) in [4.78, 5) is 12.7. The summed E-state index contributed by atoms with van der Waals surface area (Å²) in [5.74, 6) is 0.915. The van der Waals surface area contributed by atoms with Gasteiger partial charge in [0.1, 0.15) is 11.5 Å². The van der Waals surface area contributed by atoms with Crippen LogP contribution >= 0.6 is 0 Å². The van der Waals surface area contributed by atoms with E-state index in [1.165, 1.54) is 4.31 Å². The van der Waals surface area contributed by atoms with Crippen LogP contribution in [-0.4, -0.2) is 51.7 Å². The quantitative estimate of drug-likeness (QED) is 0.777. The van der Waals surface area contributed by atoms with Gasteiger partial charge in [-0.3, -0.25) is 4.79 Å². The number of nitrogens with zero attached hydrogens (tertiary/aromatic N) is 1. The van der Waals surface area contributed by atoms with Gasteiger partial charge in [-0.2, -0.15) is 0 Å². The molecule has 0 aromatic heterocycles. The third kappa shape index (κ3) is 4.67. The molecule has 0 unspecified atom stereocenters. The minimum absolute atomic E-state index is 0.0543. The number of hydrogen-bond donors (Lipinski definition) is 1. The molecule has 1 N–H and O–H groups in total. The molecule has 7 nitrogen and oxygen atoms in total. The van der Waals surface area contributed by atoms with E-state index in [9.17, 15) is 13.2 Å². The fourth-order valence-electron chi connectivity index (χ4n) is 3.18. The predicted molar refractivity (Wildman–Crippen MR) is 99.9 cm³/mol. The summed E-state index contributed by atoms with van der Waals surface area (Å²) >= 11 is 0. The largest absolute Gasteiger partial charge is 0.497 e. The smallest absolute Gasteiger partial charge is 0.224 e. The zero-order valence-corrected chi connectivity index (χ0v) is 16.6. The average molecular weight is 384 g/mol. The second-order valence-corrected chi connectivity index (χ2v) is 8.69. The number of piperidine rings is 1. The Morgan fingerprint density at radius 1 is 1.35 bits per heavy atom. The molecule has 0 bridgehead atoms. The molecule has 1 fully saturated rings. The Hall–Kier alpha value is -1.80. The molecule has 0 aliphatic carbocycles. The van der Waals surface area contributed by atoms with Crippen molar-refractivity contribution in [3.05, 3.63) is 23.8 Å². The Labute approximate surface area is 155 Å². The predicted octanol–water partition coefficient (Wildman–Crippen LogP) is 1.94. The molecule has 0 radical (unpaired) electrons. The lowest BCUT2D eigenvalue weighted by Crippen LogP contribution is -2.46. The van der Waals surface area contributed by atoms with Crippen LogP contribution in [0.1, 0.15) is 38.3 Å². The van der Waals surface area contributed by atoms with Crippen LogP contribution < -0.4 is 14.8 Å². The van der Waals surface area contributed by atoms with Crippen LogP contribution in [0.3, 0.4) is 0 Å². The highest BCUT2D eigenvalue weighted by molar-refractivity contribution is 7.89. The lowest BCUT2D eigenvalue weighted by atomic mass is 9.97. The van der Waals surface area contributed by atoms with E-state index in [0.29, 0.717) is 30.9 Å². The Balaban J connectivity index is 2.09. The maximum Gasteiger partial charge on any atom is 0.224 e. The summed E-state index contributed by atoms with van der Waals surface area (Å²) in [5, 5.41) is 2.99. The molecule has 0 saturated carbocycles. The van der Waals surface area contributed by atoms with Gasteiger partial charge < -0.3 is 14.8 Å². The van der Waals surface area contributed by atoms with Gasteiger partial charge in [0.25, 0.3) is 0 Å². The van der Waals surface area contributed by atoms with E-state index in [1.807, 2.05) is 13.0 Å². The Kier molecular flexibility index (Phi) is 6.88. The molecule has 2 atom stereocenters. The minimum atomic E-state index is -3.27. The van der Waals surface area contributed by atoms with Crippen molar-refractivity contribution in [3.63, 3.8) is 0 Å². The molecule has 1 aromatic rings. The van der Waals surface area contributed by atoms with Gasteiger partial charge >= 0.3 is 0 Å². The molecule has 8 heteroatoms. The number of benzene rings is 1. The van der Waals surface area contributed by atoms with Crippen LogP contribution in [0.25, 0.3) is 0 Å². The van der Waals surface area contributed by atoms with Crippen LogP contribution in [0.5, 0.6) is 11.5 Å². The van der Waals surface area contributed by atoms with E-state index in [0.717, 1.165) is 5.56 Å². The highest BCUT2D eigenvalue weighted by Crippen LogP contribution is 2.30. The molecule has 2 rings (SSSR count). The van der Waals surface area contributed by atoms with Gasteiger partial charge in [0.2, 0.25) is 15.9 Å². The number of hydrogen-bond acceptors (Lipinski definition) is 5. The molecule has 1 aliphatic heterocycles. The Bertz CT molecular complexity index is 735. The molecular weight excluding hydrogens is 356 g/mol. The fourth-order valence-corrected chi connectivity index (χ4v) is 4.36. The molecule has 1 saturated heterocycles. The van der Waals surface area contributed by atoms with Crippen molar-refractivity contribution in [1.82, 2.24) is 9.62 Å². The van der Waals surface area contributed by atoms with Gasteiger partial charge in [-0.05, 0) is 44.9 Å². The number of carbonyl (C=O) groups is 1. The van der Waals surface area contributed by atoms with Crippen molar-refractivity contribution in [3.8, 4) is 11.5 Å². The van der Waals surface area contributed by atoms with Crippen molar-refractivity contribution >= 4 is 15.9 Å². The van der Waals surface area contributed by atoms with Crippen LogP contribution in [0.4, 0.5) is 0 Å². The van der Waals surface area contributed by atoms with Gasteiger partial charge in [0.05, 0.1) is 31.9 Å². The zero-order chi connectivity index (χ0) is 19.3. The third-order valence-electron chi connectivity index (χ3n) is 4.78. The summed E-state index contributed by atoms with van der Waals surface area (Å²) in [6.45, 7) is 4.22. The number of carbonyl (C=O) groups excluding carboxylic acids is 1.